The maximum absolute atomic E-state index is 9.67. The van der Waals surface area contributed by atoms with Crippen LogP contribution in [-0.2, 0) is 0 Å². The van der Waals surface area contributed by atoms with Gasteiger partial charge in [-0.15, -0.1) is 0 Å². The standard InChI is InChI=1S/C4H4S.BF3/c1-2-4-5-3-1;2-1(3)4/h1-4H;. The van der Waals surface area contributed by atoms with Crippen LogP contribution in [0.1, 0.15) is 0 Å². The lowest BCUT2D eigenvalue weighted by molar-refractivity contribution is 0.535. The van der Waals surface area contributed by atoms with Crippen molar-refractivity contribution in [1.29, 1.82) is 0 Å². The summed E-state index contributed by atoms with van der Waals surface area (Å²) in [5.74, 6) is 0. The van der Waals surface area contributed by atoms with E-state index in [4.69, 9.17) is 0 Å². The number of hydrogen-bond acceptors (Lipinski definition) is 1. The van der Waals surface area contributed by atoms with Gasteiger partial charge in [-0.3, -0.25) is 12.9 Å². The molecule has 1 aromatic heterocycles. The molecule has 0 aromatic carbocycles. The monoisotopic (exact) mass is 152 g/mol. The number of halogens is 3. The summed E-state index contributed by atoms with van der Waals surface area (Å²) in [7, 11) is -3.67. The molecular weight excluding hydrogens is 148 g/mol. The molecule has 0 saturated carbocycles. The van der Waals surface area contributed by atoms with Crippen molar-refractivity contribution in [3.8, 4) is 0 Å². The Morgan fingerprint density at radius 2 is 1.33 bits per heavy atom. The van der Waals surface area contributed by atoms with Crippen LogP contribution in [0.25, 0.3) is 0 Å². The third kappa shape index (κ3) is 11.2. The van der Waals surface area contributed by atoms with Gasteiger partial charge in [-0.05, 0) is 10.8 Å². The van der Waals surface area contributed by atoms with Gasteiger partial charge >= 0.3 is 7.54 Å². The normalized spacial score (nSPS) is 7.44. The molecular formula is C4H4BF3S. The van der Waals surface area contributed by atoms with Crippen molar-refractivity contribution in [3.63, 3.8) is 0 Å². The molecule has 1 heterocycles. The first-order chi connectivity index (χ1) is 4.23. The molecule has 0 amide bonds. The van der Waals surface area contributed by atoms with Crippen molar-refractivity contribution in [2.45, 2.75) is 0 Å². The summed E-state index contributed by atoms with van der Waals surface area (Å²) in [5.41, 5.74) is 0. The van der Waals surface area contributed by atoms with Gasteiger partial charge in [-0.25, -0.2) is 0 Å². The summed E-state index contributed by atoms with van der Waals surface area (Å²) < 4.78 is 29.0. The molecule has 1 rings (SSSR count). The first-order valence-corrected chi connectivity index (χ1v) is 3.07. The van der Waals surface area contributed by atoms with Gasteiger partial charge in [-0.2, -0.15) is 11.3 Å². The summed E-state index contributed by atoms with van der Waals surface area (Å²) in [6.07, 6.45) is 0. The minimum absolute atomic E-state index is 1.71. The molecule has 0 saturated heterocycles. The molecule has 50 valence electrons. The largest absolute Gasteiger partial charge is 0.762 e. The predicted octanol–water partition coefficient (Wildman–Crippen LogP) is 2.63. The quantitative estimate of drug-likeness (QED) is 0.501. The zero-order chi connectivity index (χ0) is 7.11. The van der Waals surface area contributed by atoms with Gasteiger partial charge in [0.15, 0.2) is 0 Å². The Kier molecular flexibility index (Phi) is 5.41. The first-order valence-electron chi connectivity index (χ1n) is 2.13. The highest BCUT2D eigenvalue weighted by molar-refractivity contribution is 7.07. The molecule has 5 heteroatoms. The molecule has 9 heavy (non-hydrogen) atoms. The molecule has 1 aromatic rings. The van der Waals surface area contributed by atoms with Crippen molar-refractivity contribution in [2.75, 3.05) is 0 Å². The maximum Gasteiger partial charge on any atom is 0.762 e. The molecule has 0 aliphatic heterocycles. The number of thiophene rings is 1. The molecule has 0 atom stereocenters. The second kappa shape index (κ2) is 5.69. The summed E-state index contributed by atoms with van der Waals surface area (Å²) in [5, 5.41) is 4.08. The van der Waals surface area contributed by atoms with Crippen LogP contribution in [0.3, 0.4) is 0 Å². The lowest BCUT2D eigenvalue weighted by Gasteiger charge is -1.55. The smallest absolute Gasteiger partial charge is 0.254 e. The third-order valence-corrected chi connectivity index (χ3v) is 1.05. The zero-order valence-corrected chi connectivity index (χ0v) is 5.25. The number of hydrogen-bond donors (Lipinski definition) is 0. The lowest BCUT2D eigenvalue weighted by atomic mass is 10.5. The Bertz CT molecular complexity index is 99.4. The molecule has 0 spiro atoms. The van der Waals surface area contributed by atoms with Gasteiger partial charge in [0.25, 0.3) is 0 Å². The average molecular weight is 152 g/mol. The Morgan fingerprint density at radius 3 is 1.44 bits per heavy atom. The van der Waals surface area contributed by atoms with Gasteiger partial charge in [0.1, 0.15) is 0 Å². The van der Waals surface area contributed by atoms with Crippen molar-refractivity contribution in [3.05, 3.63) is 22.9 Å². The Labute approximate surface area is 55.5 Å². The van der Waals surface area contributed by atoms with Crippen molar-refractivity contribution in [2.24, 2.45) is 0 Å². The summed E-state index contributed by atoms with van der Waals surface area (Å²) in [4.78, 5) is 0. The van der Waals surface area contributed by atoms with E-state index in [9.17, 15) is 12.9 Å². The van der Waals surface area contributed by atoms with Crippen LogP contribution in [0.4, 0.5) is 12.9 Å². The fourth-order valence-electron chi connectivity index (χ4n) is 0.227. The first kappa shape index (κ1) is 8.55. The predicted molar refractivity (Wildman–Crippen MR) is 33.4 cm³/mol. The Hall–Kier alpha value is -0.445. The maximum atomic E-state index is 9.67. The van der Waals surface area contributed by atoms with Crippen LogP contribution >= 0.6 is 11.3 Å². The minimum Gasteiger partial charge on any atom is -0.254 e. The second-order valence-corrected chi connectivity index (χ2v) is 1.86. The molecule has 0 N–H and O–H groups in total. The summed E-state index contributed by atoms with van der Waals surface area (Å²) in [6.45, 7) is 0. The SMILES string of the molecule is FB(F)F.c1ccsc1. The van der Waals surface area contributed by atoms with Gasteiger partial charge in [0, 0.05) is 0 Å². The molecule has 0 unspecified atom stereocenters. The van der Waals surface area contributed by atoms with Crippen LogP contribution in [-0.4, -0.2) is 7.54 Å². The highest BCUT2D eigenvalue weighted by atomic mass is 32.1. The van der Waals surface area contributed by atoms with Crippen molar-refractivity contribution in [1.82, 2.24) is 0 Å². The molecule has 0 radical (unpaired) electrons. The van der Waals surface area contributed by atoms with E-state index in [0.717, 1.165) is 0 Å². The molecule has 0 fully saturated rings. The lowest BCUT2D eigenvalue weighted by Crippen LogP contribution is -1.76. The average Bonchev–Trinajstić information content (AvgIpc) is 2.11. The van der Waals surface area contributed by atoms with Gasteiger partial charge in [0.05, 0.1) is 0 Å². The van der Waals surface area contributed by atoms with Crippen molar-refractivity contribution < 1.29 is 12.9 Å². The van der Waals surface area contributed by atoms with E-state index < -0.39 is 7.54 Å². The van der Waals surface area contributed by atoms with Crippen LogP contribution in [0.2, 0.25) is 0 Å². The van der Waals surface area contributed by atoms with Crippen LogP contribution in [0, 0.1) is 0 Å². The van der Waals surface area contributed by atoms with Gasteiger partial charge in [0.2, 0.25) is 0 Å². The zero-order valence-electron chi connectivity index (χ0n) is 4.43. The fourth-order valence-corrected chi connectivity index (χ4v) is 0.680. The van der Waals surface area contributed by atoms with E-state index in [-0.39, 0.29) is 0 Å². The highest BCUT2D eigenvalue weighted by Gasteiger charge is 2.06. The van der Waals surface area contributed by atoms with Crippen LogP contribution < -0.4 is 0 Å². The topological polar surface area (TPSA) is 0 Å². The van der Waals surface area contributed by atoms with Crippen LogP contribution in [0.5, 0.6) is 0 Å². The van der Waals surface area contributed by atoms with E-state index in [1.807, 2.05) is 22.9 Å². The fraction of sp³-hybridized carbons (Fsp3) is 0. The summed E-state index contributed by atoms with van der Waals surface area (Å²) in [6, 6.07) is 4.04. The van der Waals surface area contributed by atoms with Gasteiger partial charge in [-0.1, -0.05) is 12.1 Å². The minimum atomic E-state index is -3.67. The van der Waals surface area contributed by atoms with E-state index in [2.05, 4.69) is 0 Å². The van der Waals surface area contributed by atoms with E-state index in [1.54, 1.807) is 11.3 Å². The summed E-state index contributed by atoms with van der Waals surface area (Å²) >= 11 is 1.71. The highest BCUT2D eigenvalue weighted by Crippen LogP contribution is 1.91. The number of rotatable bonds is 0. The van der Waals surface area contributed by atoms with Crippen molar-refractivity contribution >= 4 is 18.9 Å². The molecule has 0 bridgehead atoms. The molecule has 0 nitrogen and oxygen atoms in total. The third-order valence-electron chi connectivity index (χ3n) is 0.425. The Balaban J connectivity index is 0.000000148. The second-order valence-electron chi connectivity index (χ2n) is 1.04. The van der Waals surface area contributed by atoms with Gasteiger partial charge < -0.3 is 0 Å². The van der Waals surface area contributed by atoms with E-state index >= 15 is 0 Å². The van der Waals surface area contributed by atoms with Crippen LogP contribution in [0.15, 0.2) is 22.9 Å². The Morgan fingerprint density at radius 1 is 1.00 bits per heavy atom. The molecule has 0 aliphatic carbocycles. The molecule has 0 aliphatic rings. The van der Waals surface area contributed by atoms with E-state index in [0.29, 0.717) is 0 Å². The van der Waals surface area contributed by atoms with E-state index in [1.165, 1.54) is 0 Å².